The Kier molecular flexibility index (Phi) is 9.58. The summed E-state index contributed by atoms with van der Waals surface area (Å²) in [7, 11) is -3.08. The van der Waals surface area contributed by atoms with E-state index < -0.39 is 84.3 Å². The van der Waals surface area contributed by atoms with Crippen LogP contribution in [0.25, 0.3) is 5.69 Å². The largest absolute Gasteiger partial charge is 0.476 e. The maximum atomic E-state index is 13.5. The van der Waals surface area contributed by atoms with E-state index >= 15 is 0 Å². The molecule has 214 valence electrons. The van der Waals surface area contributed by atoms with Crippen LogP contribution in [0.1, 0.15) is 32.0 Å². The van der Waals surface area contributed by atoms with Gasteiger partial charge in [0.05, 0.1) is 22.2 Å². The highest BCUT2D eigenvalue weighted by Crippen LogP contribution is 2.42. The molecular weight excluding hydrogens is 605 g/mol. The maximum absolute atomic E-state index is 13.5. The summed E-state index contributed by atoms with van der Waals surface area (Å²) in [6.45, 7) is 3.59. The standard InChI is InChI=1S/C21H18Cl2F6N4O5S/c1-10(34)37-8-19(2,3)9-38-18(35)32(4)17-16(39(36)21(27,28)29)14(7-30)31-33(17)15-12(22)5-11(6-13(15)23)20(24,25)26/h5-6H,8-9H2,1-4H3. The molecule has 0 N–H and O–H groups in total. The fourth-order valence-corrected chi connectivity index (χ4v) is 4.45. The number of ether oxygens (including phenoxy) is 2. The molecule has 18 heteroatoms. The number of carbonyl (C=O) groups is 2. The van der Waals surface area contributed by atoms with Gasteiger partial charge in [0.15, 0.2) is 22.3 Å². The topological polar surface area (TPSA) is 115 Å². The molecule has 0 saturated heterocycles. The van der Waals surface area contributed by atoms with E-state index in [0.29, 0.717) is 21.7 Å². The maximum Gasteiger partial charge on any atom is 0.476 e. The smallest absolute Gasteiger partial charge is 0.465 e. The van der Waals surface area contributed by atoms with Crippen LogP contribution in [0.5, 0.6) is 0 Å². The Labute approximate surface area is 229 Å². The van der Waals surface area contributed by atoms with Gasteiger partial charge in [-0.15, -0.1) is 0 Å². The lowest BCUT2D eigenvalue weighted by Gasteiger charge is -2.26. The third kappa shape index (κ3) is 7.55. The fourth-order valence-electron chi connectivity index (χ4n) is 2.92. The first-order chi connectivity index (χ1) is 17.7. The molecule has 0 aliphatic heterocycles. The zero-order chi connectivity index (χ0) is 30.1. The Hall–Kier alpha value is -3.03. The monoisotopic (exact) mass is 622 g/mol. The van der Waals surface area contributed by atoms with Crippen molar-refractivity contribution in [2.24, 2.45) is 5.41 Å². The quantitative estimate of drug-likeness (QED) is 0.281. The number of nitrogens with zero attached hydrogens (tertiary/aromatic N) is 4. The van der Waals surface area contributed by atoms with Gasteiger partial charge in [0.1, 0.15) is 23.3 Å². The summed E-state index contributed by atoms with van der Waals surface area (Å²) in [5.41, 5.74) is -9.44. The van der Waals surface area contributed by atoms with E-state index in [1.807, 2.05) is 0 Å². The number of amides is 1. The summed E-state index contributed by atoms with van der Waals surface area (Å²) >= 11 is 12.0. The summed E-state index contributed by atoms with van der Waals surface area (Å²) in [6, 6.07) is 2.11. The number of carbonyl (C=O) groups excluding carboxylic acids is 2. The number of halogens is 8. The summed E-state index contributed by atoms with van der Waals surface area (Å²) < 4.78 is 103. The minimum atomic E-state index is -5.45. The third-order valence-electron chi connectivity index (χ3n) is 4.72. The minimum Gasteiger partial charge on any atom is -0.465 e. The van der Waals surface area contributed by atoms with Crippen LogP contribution in [-0.4, -0.2) is 51.8 Å². The molecule has 1 aromatic heterocycles. The number of anilines is 1. The highest BCUT2D eigenvalue weighted by atomic mass is 35.5. The Morgan fingerprint density at radius 2 is 1.62 bits per heavy atom. The zero-order valence-corrected chi connectivity index (χ0v) is 22.7. The zero-order valence-electron chi connectivity index (χ0n) is 20.3. The van der Waals surface area contributed by atoms with Gasteiger partial charge in [-0.25, -0.2) is 13.7 Å². The van der Waals surface area contributed by atoms with Crippen LogP contribution in [0.2, 0.25) is 10.0 Å². The number of nitriles is 1. The van der Waals surface area contributed by atoms with Gasteiger partial charge in [0, 0.05) is 19.4 Å². The third-order valence-corrected chi connectivity index (χ3v) is 6.46. The molecule has 1 amide bonds. The normalized spacial score (nSPS) is 13.0. The molecule has 1 atom stereocenters. The van der Waals surface area contributed by atoms with Crippen LogP contribution in [0.4, 0.5) is 37.0 Å². The average Bonchev–Trinajstić information content (AvgIpc) is 3.17. The Balaban J connectivity index is 2.71. The van der Waals surface area contributed by atoms with Crippen LogP contribution in [0.15, 0.2) is 17.0 Å². The van der Waals surface area contributed by atoms with Crippen LogP contribution >= 0.6 is 23.2 Å². The summed E-state index contributed by atoms with van der Waals surface area (Å²) in [5, 5.41) is 11.5. The molecule has 0 saturated carbocycles. The number of alkyl halides is 6. The average molecular weight is 623 g/mol. The van der Waals surface area contributed by atoms with Gasteiger partial charge in [-0.2, -0.15) is 36.7 Å². The molecule has 1 heterocycles. The number of esters is 1. The van der Waals surface area contributed by atoms with Crippen LogP contribution in [-0.2, 0) is 31.2 Å². The van der Waals surface area contributed by atoms with Gasteiger partial charge in [-0.05, 0) is 12.1 Å². The van der Waals surface area contributed by atoms with Crippen LogP contribution in [0.3, 0.4) is 0 Å². The van der Waals surface area contributed by atoms with Crippen LogP contribution in [0, 0.1) is 16.7 Å². The van der Waals surface area contributed by atoms with E-state index in [-0.39, 0.29) is 6.61 Å². The predicted molar refractivity (Wildman–Crippen MR) is 126 cm³/mol. The van der Waals surface area contributed by atoms with Crippen molar-refractivity contribution in [2.75, 3.05) is 25.2 Å². The van der Waals surface area contributed by atoms with E-state index in [4.69, 9.17) is 32.7 Å². The molecule has 1 unspecified atom stereocenters. The lowest BCUT2D eigenvalue weighted by atomic mass is 9.96. The second-order valence-corrected chi connectivity index (χ2v) is 10.8. The first kappa shape index (κ1) is 32.2. The number of benzene rings is 1. The Morgan fingerprint density at radius 3 is 2.05 bits per heavy atom. The molecule has 2 rings (SSSR count). The number of hydrogen-bond donors (Lipinski definition) is 0. The van der Waals surface area contributed by atoms with Crippen molar-refractivity contribution in [1.82, 2.24) is 9.78 Å². The molecule has 0 bridgehead atoms. The minimum absolute atomic E-state index is 0.198. The molecule has 0 radical (unpaired) electrons. The van der Waals surface area contributed by atoms with Crippen molar-refractivity contribution < 1.29 is 49.6 Å². The van der Waals surface area contributed by atoms with Crippen molar-refractivity contribution in [2.45, 2.75) is 37.4 Å². The molecular formula is C21H18Cl2F6N4O5S. The first-order valence-electron chi connectivity index (χ1n) is 10.3. The molecule has 39 heavy (non-hydrogen) atoms. The predicted octanol–water partition coefficient (Wildman–Crippen LogP) is 5.86. The van der Waals surface area contributed by atoms with E-state index in [0.717, 1.165) is 14.0 Å². The molecule has 9 nitrogen and oxygen atoms in total. The number of hydrogen-bond acceptors (Lipinski definition) is 7. The van der Waals surface area contributed by atoms with Gasteiger partial charge in [0.25, 0.3) is 0 Å². The molecule has 0 fully saturated rings. The molecule has 0 spiro atoms. The lowest BCUT2D eigenvalue weighted by Crippen LogP contribution is -2.35. The van der Waals surface area contributed by atoms with Gasteiger partial charge < -0.3 is 9.47 Å². The van der Waals surface area contributed by atoms with Gasteiger partial charge in [-0.3, -0.25) is 9.69 Å². The van der Waals surface area contributed by atoms with Crippen molar-refractivity contribution in [3.05, 3.63) is 33.4 Å². The number of aromatic nitrogens is 2. The van der Waals surface area contributed by atoms with Crippen molar-refractivity contribution in [3.63, 3.8) is 0 Å². The summed E-state index contributed by atoms with van der Waals surface area (Å²) in [6.07, 6.45) is -6.25. The summed E-state index contributed by atoms with van der Waals surface area (Å²) in [5.74, 6) is -1.59. The van der Waals surface area contributed by atoms with E-state index in [1.54, 1.807) is 0 Å². The highest BCUT2D eigenvalue weighted by Gasteiger charge is 2.45. The van der Waals surface area contributed by atoms with E-state index in [1.165, 1.54) is 19.9 Å². The molecule has 2 aromatic rings. The fraction of sp³-hybridized carbons (Fsp3) is 0.429. The van der Waals surface area contributed by atoms with E-state index in [9.17, 15) is 45.4 Å². The molecule has 0 aliphatic carbocycles. The second kappa shape index (κ2) is 11.6. The van der Waals surface area contributed by atoms with Crippen LogP contribution < -0.4 is 4.90 Å². The summed E-state index contributed by atoms with van der Waals surface area (Å²) in [4.78, 5) is 23.0. The second-order valence-electron chi connectivity index (χ2n) is 8.58. The van der Waals surface area contributed by atoms with Gasteiger partial charge >= 0.3 is 23.7 Å². The lowest BCUT2D eigenvalue weighted by molar-refractivity contribution is -0.144. The van der Waals surface area contributed by atoms with Gasteiger partial charge in [0.2, 0.25) is 0 Å². The Bertz CT molecular complexity index is 1330. The SMILES string of the molecule is CC(=O)OCC(C)(C)COC(=O)N(C)c1c(S(=O)C(F)(F)F)c(C#N)nn1-c1c(Cl)cc(C(F)(F)F)cc1Cl. The van der Waals surface area contributed by atoms with Gasteiger partial charge in [-0.1, -0.05) is 37.0 Å². The van der Waals surface area contributed by atoms with E-state index in [2.05, 4.69) is 5.10 Å². The van der Waals surface area contributed by atoms with Crippen molar-refractivity contribution in [1.29, 1.82) is 5.26 Å². The van der Waals surface area contributed by atoms with Crippen molar-refractivity contribution >= 4 is 51.9 Å². The highest BCUT2D eigenvalue weighted by molar-refractivity contribution is 7.86. The number of rotatable bonds is 7. The van der Waals surface area contributed by atoms with Crippen molar-refractivity contribution in [3.8, 4) is 11.8 Å². The molecule has 0 aliphatic rings. The molecule has 1 aromatic carbocycles. The Morgan fingerprint density at radius 1 is 1.10 bits per heavy atom. The first-order valence-corrected chi connectivity index (χ1v) is 12.2.